The maximum atomic E-state index is 11.7. The van der Waals surface area contributed by atoms with Crippen LogP contribution in [-0.4, -0.2) is 37.5 Å². The van der Waals surface area contributed by atoms with Gasteiger partial charge in [0.15, 0.2) is 6.10 Å². The van der Waals surface area contributed by atoms with Crippen LogP contribution in [0.1, 0.15) is 38.5 Å². The predicted octanol–water partition coefficient (Wildman–Crippen LogP) is 1.59. The molecule has 0 aromatic rings. The van der Waals surface area contributed by atoms with Gasteiger partial charge in [-0.1, -0.05) is 32.1 Å². The highest BCUT2D eigenvalue weighted by atomic mass is 16.5. The zero-order valence-electron chi connectivity index (χ0n) is 10.1. The Bertz CT molecular complexity index is 234. The molecule has 1 atom stereocenters. The van der Waals surface area contributed by atoms with Gasteiger partial charge in [-0.05, 0) is 12.3 Å². The Morgan fingerprint density at radius 2 is 2.00 bits per heavy atom. The number of nitrogens with zero attached hydrogens (tertiary/aromatic N) is 1. The summed E-state index contributed by atoms with van der Waals surface area (Å²) in [5, 5.41) is 0. The summed E-state index contributed by atoms with van der Waals surface area (Å²) in [6, 6.07) is 0. The van der Waals surface area contributed by atoms with Gasteiger partial charge in [0, 0.05) is 14.1 Å². The molecule has 0 saturated heterocycles. The molecule has 1 aliphatic carbocycles. The first-order chi connectivity index (χ1) is 7.65. The fourth-order valence-electron chi connectivity index (χ4n) is 2.30. The van der Waals surface area contributed by atoms with E-state index in [4.69, 9.17) is 4.74 Å². The zero-order chi connectivity index (χ0) is 12.0. The SMILES string of the molecule is CN(C)C(=O)[C@H](CC1CCCCC1)OC=O. The molecule has 1 aliphatic rings. The number of carbonyl (C=O) groups excluding carboxylic acids is 2. The van der Waals surface area contributed by atoms with E-state index < -0.39 is 6.10 Å². The molecule has 0 radical (unpaired) electrons. The second-order valence-corrected chi connectivity index (χ2v) is 4.69. The van der Waals surface area contributed by atoms with Gasteiger partial charge in [0.25, 0.3) is 12.4 Å². The molecule has 0 aromatic carbocycles. The molecule has 0 bridgehead atoms. The van der Waals surface area contributed by atoms with Crippen LogP contribution in [-0.2, 0) is 14.3 Å². The molecule has 0 heterocycles. The zero-order valence-corrected chi connectivity index (χ0v) is 10.1. The molecule has 1 fully saturated rings. The number of ether oxygens (including phenoxy) is 1. The molecule has 0 aromatic heterocycles. The van der Waals surface area contributed by atoms with Crippen LogP contribution in [0.4, 0.5) is 0 Å². The molecule has 0 unspecified atom stereocenters. The molecule has 4 heteroatoms. The normalized spacial score (nSPS) is 18.9. The minimum absolute atomic E-state index is 0.113. The molecule has 0 spiro atoms. The van der Waals surface area contributed by atoms with Gasteiger partial charge in [-0.15, -0.1) is 0 Å². The van der Waals surface area contributed by atoms with E-state index in [1.807, 2.05) is 0 Å². The molecule has 92 valence electrons. The van der Waals surface area contributed by atoms with Crippen LogP contribution in [0.15, 0.2) is 0 Å². The highest BCUT2D eigenvalue weighted by Gasteiger charge is 2.26. The summed E-state index contributed by atoms with van der Waals surface area (Å²) in [6.45, 7) is 0.384. The van der Waals surface area contributed by atoms with E-state index >= 15 is 0 Å². The third-order valence-corrected chi connectivity index (χ3v) is 3.21. The van der Waals surface area contributed by atoms with E-state index in [2.05, 4.69) is 0 Å². The molecule has 1 saturated carbocycles. The van der Waals surface area contributed by atoms with E-state index in [-0.39, 0.29) is 5.91 Å². The highest BCUT2D eigenvalue weighted by Crippen LogP contribution is 2.28. The minimum atomic E-state index is -0.587. The first-order valence-corrected chi connectivity index (χ1v) is 5.95. The smallest absolute Gasteiger partial charge is 0.293 e. The van der Waals surface area contributed by atoms with Crippen LogP contribution in [0, 0.1) is 5.92 Å². The summed E-state index contributed by atoms with van der Waals surface area (Å²) in [5.41, 5.74) is 0. The van der Waals surface area contributed by atoms with Crippen LogP contribution < -0.4 is 0 Å². The Balaban J connectivity index is 2.48. The summed E-state index contributed by atoms with van der Waals surface area (Å²) >= 11 is 0. The summed E-state index contributed by atoms with van der Waals surface area (Å²) in [5.74, 6) is 0.417. The number of hydrogen-bond acceptors (Lipinski definition) is 3. The van der Waals surface area contributed by atoms with Crippen LogP contribution in [0.25, 0.3) is 0 Å². The molecule has 1 amide bonds. The second kappa shape index (κ2) is 6.51. The van der Waals surface area contributed by atoms with Gasteiger partial charge in [-0.2, -0.15) is 0 Å². The van der Waals surface area contributed by atoms with Crippen molar-refractivity contribution in [2.24, 2.45) is 5.92 Å². The van der Waals surface area contributed by atoms with Gasteiger partial charge in [-0.3, -0.25) is 9.59 Å². The van der Waals surface area contributed by atoms with Crippen LogP contribution in [0.2, 0.25) is 0 Å². The van der Waals surface area contributed by atoms with Crippen molar-refractivity contribution in [3.63, 3.8) is 0 Å². The van der Waals surface area contributed by atoms with Crippen molar-refractivity contribution < 1.29 is 14.3 Å². The van der Waals surface area contributed by atoms with E-state index in [0.29, 0.717) is 18.8 Å². The van der Waals surface area contributed by atoms with Crippen LogP contribution in [0.5, 0.6) is 0 Å². The Kier molecular flexibility index (Phi) is 5.29. The predicted molar refractivity (Wildman–Crippen MR) is 60.8 cm³/mol. The quantitative estimate of drug-likeness (QED) is 0.670. The topological polar surface area (TPSA) is 46.6 Å². The molecule has 1 rings (SSSR count). The van der Waals surface area contributed by atoms with E-state index in [1.165, 1.54) is 24.2 Å². The van der Waals surface area contributed by atoms with Gasteiger partial charge >= 0.3 is 0 Å². The van der Waals surface area contributed by atoms with Crippen molar-refractivity contribution >= 4 is 12.4 Å². The lowest BCUT2D eigenvalue weighted by Gasteiger charge is -2.26. The summed E-state index contributed by atoms with van der Waals surface area (Å²) in [6.07, 6.45) is 6.14. The third kappa shape index (κ3) is 3.83. The van der Waals surface area contributed by atoms with Gasteiger partial charge < -0.3 is 9.64 Å². The first-order valence-electron chi connectivity index (χ1n) is 5.95. The molecule has 16 heavy (non-hydrogen) atoms. The number of hydrogen-bond donors (Lipinski definition) is 0. The monoisotopic (exact) mass is 227 g/mol. The lowest BCUT2D eigenvalue weighted by Crippen LogP contribution is -2.37. The van der Waals surface area contributed by atoms with Crippen molar-refractivity contribution in [2.45, 2.75) is 44.6 Å². The maximum Gasteiger partial charge on any atom is 0.293 e. The third-order valence-electron chi connectivity index (χ3n) is 3.21. The van der Waals surface area contributed by atoms with Crippen molar-refractivity contribution in [3.8, 4) is 0 Å². The van der Waals surface area contributed by atoms with Crippen molar-refractivity contribution in [2.75, 3.05) is 14.1 Å². The lowest BCUT2D eigenvalue weighted by atomic mass is 9.85. The molecular formula is C12H21NO3. The van der Waals surface area contributed by atoms with Crippen molar-refractivity contribution in [1.29, 1.82) is 0 Å². The molecule has 0 aliphatic heterocycles. The summed E-state index contributed by atoms with van der Waals surface area (Å²) < 4.78 is 4.90. The fourth-order valence-corrected chi connectivity index (χ4v) is 2.30. The largest absolute Gasteiger partial charge is 0.454 e. The van der Waals surface area contributed by atoms with Gasteiger partial charge in [0.05, 0.1) is 0 Å². The molecule has 4 nitrogen and oxygen atoms in total. The lowest BCUT2D eigenvalue weighted by molar-refractivity contribution is -0.151. The number of likely N-dealkylation sites (N-methyl/N-ethyl adjacent to an activating group) is 1. The van der Waals surface area contributed by atoms with Crippen molar-refractivity contribution in [3.05, 3.63) is 0 Å². The number of carbonyl (C=O) groups is 2. The Morgan fingerprint density at radius 3 is 2.50 bits per heavy atom. The van der Waals surface area contributed by atoms with Crippen LogP contribution in [0.3, 0.4) is 0 Å². The molecular weight excluding hydrogens is 206 g/mol. The minimum Gasteiger partial charge on any atom is -0.454 e. The van der Waals surface area contributed by atoms with E-state index in [9.17, 15) is 9.59 Å². The average molecular weight is 227 g/mol. The average Bonchev–Trinajstić information content (AvgIpc) is 2.29. The number of amides is 1. The highest BCUT2D eigenvalue weighted by molar-refractivity contribution is 5.81. The second-order valence-electron chi connectivity index (χ2n) is 4.69. The summed E-state index contributed by atoms with van der Waals surface area (Å²) in [4.78, 5) is 23.6. The Hall–Kier alpha value is -1.06. The Morgan fingerprint density at radius 1 is 1.38 bits per heavy atom. The maximum absolute atomic E-state index is 11.7. The Labute approximate surface area is 96.9 Å². The standard InChI is InChI=1S/C12H21NO3/c1-13(2)12(15)11(16-9-14)8-10-6-4-3-5-7-10/h9-11H,3-8H2,1-2H3/t11-/m0/s1. The number of rotatable bonds is 5. The van der Waals surface area contributed by atoms with Crippen molar-refractivity contribution in [1.82, 2.24) is 4.90 Å². The fraction of sp³-hybridized carbons (Fsp3) is 0.833. The molecule has 0 N–H and O–H groups in total. The van der Waals surface area contributed by atoms with Gasteiger partial charge in [-0.25, -0.2) is 0 Å². The van der Waals surface area contributed by atoms with Gasteiger partial charge in [0.1, 0.15) is 0 Å². The van der Waals surface area contributed by atoms with E-state index in [0.717, 1.165) is 12.8 Å². The van der Waals surface area contributed by atoms with E-state index in [1.54, 1.807) is 14.1 Å². The first kappa shape index (κ1) is 13.0. The van der Waals surface area contributed by atoms with Gasteiger partial charge in [0.2, 0.25) is 0 Å². The van der Waals surface area contributed by atoms with Crippen LogP contribution >= 0.6 is 0 Å². The summed E-state index contributed by atoms with van der Waals surface area (Å²) in [7, 11) is 3.37.